The van der Waals surface area contributed by atoms with Crippen molar-refractivity contribution in [1.29, 1.82) is 5.41 Å². The first-order valence-corrected chi connectivity index (χ1v) is 10.5. The third kappa shape index (κ3) is 4.80. The van der Waals surface area contributed by atoms with E-state index in [9.17, 15) is 4.79 Å². The predicted molar refractivity (Wildman–Crippen MR) is 116 cm³/mol. The van der Waals surface area contributed by atoms with Crippen LogP contribution in [0.4, 0.5) is 0 Å². The Bertz CT molecular complexity index is 1030. The fourth-order valence-corrected chi connectivity index (χ4v) is 3.64. The lowest BCUT2D eigenvalue weighted by Crippen LogP contribution is -2.22. The fraction of sp³-hybridized carbons (Fsp3) is 0.350. The molecule has 0 aliphatic heterocycles. The zero-order valence-electron chi connectivity index (χ0n) is 16.7. The predicted octanol–water partition coefficient (Wildman–Crippen LogP) is 2.73. The van der Waals surface area contributed by atoms with E-state index >= 15 is 0 Å². The Kier molecular flexibility index (Phi) is 6.95. The van der Waals surface area contributed by atoms with Crippen molar-refractivity contribution >= 4 is 18.0 Å². The highest BCUT2D eigenvalue weighted by Gasteiger charge is 2.18. The molecule has 3 aromatic rings. The molecular formula is C20H25N7OS. The summed E-state index contributed by atoms with van der Waals surface area (Å²) in [7, 11) is 1.85. The molecule has 0 aliphatic carbocycles. The van der Waals surface area contributed by atoms with Gasteiger partial charge in [0.1, 0.15) is 17.4 Å². The molecule has 29 heavy (non-hydrogen) atoms. The highest BCUT2D eigenvalue weighted by molar-refractivity contribution is 7.99. The van der Waals surface area contributed by atoms with Crippen molar-refractivity contribution in [3.05, 3.63) is 64.3 Å². The van der Waals surface area contributed by atoms with Gasteiger partial charge >= 0.3 is 0 Å². The average molecular weight is 412 g/mol. The number of benzene rings is 1. The highest BCUT2D eigenvalue weighted by atomic mass is 32.2. The molecular weight excluding hydrogens is 386 g/mol. The van der Waals surface area contributed by atoms with Crippen molar-refractivity contribution in [3.63, 3.8) is 0 Å². The van der Waals surface area contributed by atoms with Gasteiger partial charge in [-0.1, -0.05) is 25.1 Å². The zero-order valence-corrected chi connectivity index (χ0v) is 17.6. The van der Waals surface area contributed by atoms with Crippen LogP contribution in [0.3, 0.4) is 0 Å². The molecule has 3 rings (SSSR count). The highest BCUT2D eigenvalue weighted by Crippen LogP contribution is 2.25. The van der Waals surface area contributed by atoms with E-state index in [1.165, 1.54) is 24.0 Å². The smallest absolute Gasteiger partial charge is 0.203 e. The van der Waals surface area contributed by atoms with E-state index in [2.05, 4.69) is 20.5 Å². The van der Waals surface area contributed by atoms with Gasteiger partial charge in [0.25, 0.3) is 0 Å². The molecule has 2 heterocycles. The third-order valence-electron chi connectivity index (χ3n) is 4.57. The van der Waals surface area contributed by atoms with Gasteiger partial charge in [0.2, 0.25) is 5.43 Å². The minimum Gasteiger partial charge on any atom is -0.311 e. The minimum atomic E-state index is -0.275. The molecule has 2 aromatic heterocycles. The summed E-state index contributed by atoms with van der Waals surface area (Å²) in [6.07, 6.45) is 4.67. The maximum atomic E-state index is 12.5. The number of hydrogen-bond acceptors (Lipinski definition) is 7. The summed E-state index contributed by atoms with van der Waals surface area (Å²) in [6.45, 7) is 4.74. The van der Waals surface area contributed by atoms with E-state index < -0.39 is 0 Å². The lowest BCUT2D eigenvalue weighted by atomic mass is 9.95. The van der Waals surface area contributed by atoms with E-state index in [1.807, 2.05) is 45.2 Å². The number of rotatable bonds is 9. The van der Waals surface area contributed by atoms with E-state index in [-0.39, 0.29) is 16.7 Å². The lowest BCUT2D eigenvalue weighted by molar-refractivity contribution is 0.645. The first-order valence-electron chi connectivity index (χ1n) is 9.43. The molecule has 2 N–H and O–H groups in total. The van der Waals surface area contributed by atoms with E-state index in [4.69, 9.17) is 5.41 Å². The molecule has 0 radical (unpaired) electrons. The second kappa shape index (κ2) is 9.62. The Morgan fingerprint density at radius 3 is 2.83 bits per heavy atom. The summed E-state index contributed by atoms with van der Waals surface area (Å²) >= 11 is 1.53. The van der Waals surface area contributed by atoms with Crippen molar-refractivity contribution in [2.24, 2.45) is 0 Å². The first-order chi connectivity index (χ1) is 14.1. The summed E-state index contributed by atoms with van der Waals surface area (Å²) in [6, 6.07) is 9.40. The number of nitrogens with one attached hydrogen (secondary N) is 2. The van der Waals surface area contributed by atoms with E-state index in [0.29, 0.717) is 17.4 Å². The topological polar surface area (TPSA) is 101 Å². The van der Waals surface area contributed by atoms with Gasteiger partial charge < -0.3 is 10.7 Å². The number of hydrogen-bond donors (Lipinski definition) is 2. The van der Waals surface area contributed by atoms with E-state index in [1.54, 1.807) is 21.9 Å². The van der Waals surface area contributed by atoms with Crippen LogP contribution in [-0.4, -0.2) is 43.7 Å². The van der Waals surface area contributed by atoms with E-state index in [0.717, 1.165) is 17.7 Å². The van der Waals surface area contributed by atoms with Crippen LogP contribution in [0.5, 0.6) is 0 Å². The molecule has 9 heteroatoms. The molecule has 2 atom stereocenters. The fourth-order valence-electron chi connectivity index (χ4n) is 2.93. The second-order valence-electron chi connectivity index (χ2n) is 6.54. The van der Waals surface area contributed by atoms with Crippen molar-refractivity contribution in [3.8, 4) is 11.4 Å². The number of aromatic nitrogens is 5. The maximum absolute atomic E-state index is 12.5. The van der Waals surface area contributed by atoms with Crippen LogP contribution in [0.25, 0.3) is 11.4 Å². The molecule has 0 amide bonds. The average Bonchev–Trinajstić information content (AvgIpc) is 3.24. The van der Waals surface area contributed by atoms with Gasteiger partial charge in [-0.2, -0.15) is 10.2 Å². The van der Waals surface area contributed by atoms with Crippen LogP contribution < -0.4 is 10.7 Å². The molecule has 0 fully saturated rings. The number of thioether (sulfide) groups is 1. The monoisotopic (exact) mass is 411 g/mol. The van der Waals surface area contributed by atoms with Gasteiger partial charge in [-0.05, 0) is 25.6 Å². The Morgan fingerprint density at radius 2 is 2.14 bits per heavy atom. The summed E-state index contributed by atoms with van der Waals surface area (Å²) < 4.78 is 3.44. The molecule has 0 aliphatic rings. The van der Waals surface area contributed by atoms with Gasteiger partial charge in [-0.25, -0.2) is 4.98 Å². The van der Waals surface area contributed by atoms with Crippen LogP contribution in [0.1, 0.15) is 36.4 Å². The first kappa shape index (κ1) is 20.9. The molecule has 0 spiro atoms. The Morgan fingerprint density at radius 1 is 1.31 bits per heavy atom. The molecule has 2 unspecified atom stereocenters. The van der Waals surface area contributed by atoms with Crippen LogP contribution in [-0.2, 0) is 6.54 Å². The lowest BCUT2D eigenvalue weighted by Gasteiger charge is -2.17. The second-order valence-corrected chi connectivity index (χ2v) is 7.64. The quantitative estimate of drug-likeness (QED) is 0.415. The van der Waals surface area contributed by atoms with Crippen molar-refractivity contribution < 1.29 is 0 Å². The molecule has 0 saturated carbocycles. The summed E-state index contributed by atoms with van der Waals surface area (Å²) in [5.41, 5.74) is 2.20. The maximum Gasteiger partial charge on any atom is 0.203 e. The largest absolute Gasteiger partial charge is 0.311 e. The number of nitrogens with zero attached hydrogens (tertiary/aromatic N) is 5. The summed E-state index contributed by atoms with van der Waals surface area (Å²) in [4.78, 5) is 16.9. The normalized spacial score (nSPS) is 13.2. The molecule has 8 nitrogen and oxygen atoms in total. The Balaban J connectivity index is 1.92. The van der Waals surface area contributed by atoms with Crippen LogP contribution in [0, 0.1) is 5.41 Å². The zero-order chi connectivity index (χ0) is 20.8. The van der Waals surface area contributed by atoms with Crippen LogP contribution in [0.15, 0.2) is 47.7 Å². The van der Waals surface area contributed by atoms with Gasteiger partial charge in [0, 0.05) is 42.4 Å². The van der Waals surface area contributed by atoms with Gasteiger partial charge in [-0.3, -0.25) is 14.2 Å². The van der Waals surface area contributed by atoms with Gasteiger partial charge in [0.15, 0.2) is 5.82 Å². The third-order valence-corrected chi connectivity index (χ3v) is 5.72. The van der Waals surface area contributed by atoms with Gasteiger partial charge in [0.05, 0.1) is 0 Å². The van der Waals surface area contributed by atoms with Crippen molar-refractivity contribution in [2.75, 3.05) is 12.9 Å². The van der Waals surface area contributed by atoms with Crippen LogP contribution in [0.2, 0.25) is 0 Å². The molecule has 152 valence electrons. The summed E-state index contributed by atoms with van der Waals surface area (Å²) in [5, 5.41) is 19.5. The molecule has 0 bridgehead atoms. The standard InChI is InChI=1S/C20H25N7OS/c1-4-26-12-23-20(25-26)16-7-5-6-15(10-16)14(2)19-17(28)8-9-27(24-19)18(11-21)29-13-22-3/h5-12,14,18,21-22H,4,13H2,1-3H3. The Labute approximate surface area is 173 Å². The minimum absolute atomic E-state index is 0.116. The number of aryl methyl sites for hydroxylation is 1. The van der Waals surface area contributed by atoms with Crippen LogP contribution >= 0.6 is 11.8 Å². The van der Waals surface area contributed by atoms with Crippen molar-refractivity contribution in [2.45, 2.75) is 31.7 Å². The molecule has 1 aromatic carbocycles. The Hall–Kier alpha value is -2.78. The van der Waals surface area contributed by atoms with Crippen molar-refractivity contribution in [1.82, 2.24) is 29.9 Å². The van der Waals surface area contributed by atoms with Gasteiger partial charge in [-0.15, -0.1) is 11.8 Å². The molecule has 0 saturated heterocycles. The SMILES string of the molecule is CCn1cnc(-c2cccc(C(C)c3nn(C(C=N)SCNC)ccc3=O)c2)n1. The summed E-state index contributed by atoms with van der Waals surface area (Å²) in [5.74, 6) is 1.13.